The molecule has 0 radical (unpaired) electrons. The van der Waals surface area contributed by atoms with Crippen LogP contribution in [0.3, 0.4) is 0 Å². The second-order valence-electron chi connectivity index (χ2n) is 6.83. The van der Waals surface area contributed by atoms with Crippen LogP contribution in [0.25, 0.3) is 10.9 Å². The molecule has 2 heterocycles. The first-order chi connectivity index (χ1) is 13.5. The van der Waals surface area contributed by atoms with Crippen LogP contribution in [0.15, 0.2) is 36.4 Å². The fourth-order valence-electron chi connectivity index (χ4n) is 3.13. The Morgan fingerprint density at radius 1 is 1.21 bits per heavy atom. The third-order valence-electron chi connectivity index (χ3n) is 4.86. The number of H-pyrrole nitrogens is 1. The van der Waals surface area contributed by atoms with Crippen LogP contribution in [0.1, 0.15) is 21.6 Å². The molecule has 1 aliphatic rings. The molecule has 4 rings (SSSR count). The summed E-state index contributed by atoms with van der Waals surface area (Å²) in [6.45, 7) is 4.36. The summed E-state index contributed by atoms with van der Waals surface area (Å²) < 4.78 is 16.1. The molecule has 146 valence electrons. The molecule has 2 aromatic carbocycles. The number of aryl methyl sites for hydroxylation is 2. The van der Waals surface area contributed by atoms with Crippen LogP contribution < -0.4 is 19.5 Å². The third kappa shape index (κ3) is 3.61. The highest BCUT2D eigenvalue weighted by atomic mass is 16.7. The van der Waals surface area contributed by atoms with Crippen molar-refractivity contribution < 1.29 is 24.1 Å². The molecule has 1 aromatic heterocycles. The first-order valence-corrected chi connectivity index (χ1v) is 9.09. The Kier molecular flexibility index (Phi) is 4.83. The molecule has 1 unspecified atom stereocenters. The number of rotatable bonds is 6. The van der Waals surface area contributed by atoms with Crippen molar-refractivity contribution in [3.8, 4) is 17.2 Å². The number of nitrogens with one attached hydrogen (secondary N) is 2. The van der Waals surface area contributed by atoms with Crippen molar-refractivity contribution in [2.75, 3.05) is 19.9 Å². The number of hydrogen-bond donors (Lipinski definition) is 3. The number of aromatic amines is 1. The van der Waals surface area contributed by atoms with E-state index >= 15 is 0 Å². The summed E-state index contributed by atoms with van der Waals surface area (Å²) in [5, 5.41) is 13.9. The largest absolute Gasteiger partial charge is 0.491 e. The maximum absolute atomic E-state index is 12.4. The normalized spacial score (nSPS) is 13.5. The van der Waals surface area contributed by atoms with Crippen LogP contribution in [-0.4, -0.2) is 42.0 Å². The fraction of sp³-hybridized carbons (Fsp3) is 0.286. The quantitative estimate of drug-likeness (QED) is 0.610. The fourth-order valence-corrected chi connectivity index (χ4v) is 3.13. The molecule has 0 saturated heterocycles. The SMILES string of the molecule is Cc1[nH]c2ccc(C(=O)NCC(O)COc3ccc4c(c3)OCO4)cc2c1C. The molecule has 1 atom stereocenters. The average molecular weight is 382 g/mol. The molecule has 1 amide bonds. The predicted molar refractivity (Wildman–Crippen MR) is 104 cm³/mol. The minimum absolute atomic E-state index is 0.0507. The smallest absolute Gasteiger partial charge is 0.251 e. The van der Waals surface area contributed by atoms with E-state index in [1.807, 2.05) is 26.0 Å². The monoisotopic (exact) mass is 382 g/mol. The highest BCUT2D eigenvalue weighted by Gasteiger charge is 2.15. The number of fused-ring (bicyclic) bond motifs is 2. The lowest BCUT2D eigenvalue weighted by molar-refractivity contribution is 0.0843. The standard InChI is InChI=1S/C21H22N2O5/c1-12-13(2)23-18-5-3-14(7-17(12)18)21(25)22-9-15(24)10-26-16-4-6-19-20(8-16)28-11-27-19/h3-8,15,23-24H,9-11H2,1-2H3,(H,22,25). The molecule has 1 aliphatic heterocycles. The highest BCUT2D eigenvalue weighted by molar-refractivity contribution is 5.99. The Labute approximate surface area is 162 Å². The molecule has 0 fully saturated rings. The van der Waals surface area contributed by atoms with E-state index in [0.29, 0.717) is 22.8 Å². The number of aliphatic hydroxyl groups excluding tert-OH is 1. The van der Waals surface area contributed by atoms with Gasteiger partial charge in [0.1, 0.15) is 18.5 Å². The van der Waals surface area contributed by atoms with Gasteiger partial charge in [0.15, 0.2) is 11.5 Å². The Morgan fingerprint density at radius 3 is 2.89 bits per heavy atom. The van der Waals surface area contributed by atoms with E-state index in [1.54, 1.807) is 24.3 Å². The molecular formula is C21H22N2O5. The number of aromatic nitrogens is 1. The van der Waals surface area contributed by atoms with Crippen LogP contribution in [0.4, 0.5) is 0 Å². The number of benzene rings is 2. The van der Waals surface area contributed by atoms with Crippen molar-refractivity contribution in [2.45, 2.75) is 20.0 Å². The van der Waals surface area contributed by atoms with Gasteiger partial charge < -0.3 is 29.6 Å². The van der Waals surface area contributed by atoms with Gasteiger partial charge in [0.05, 0.1) is 0 Å². The Morgan fingerprint density at radius 2 is 2.04 bits per heavy atom. The van der Waals surface area contributed by atoms with Gasteiger partial charge in [-0.2, -0.15) is 0 Å². The maximum Gasteiger partial charge on any atom is 0.251 e. The van der Waals surface area contributed by atoms with Gasteiger partial charge in [-0.15, -0.1) is 0 Å². The molecule has 0 bridgehead atoms. The summed E-state index contributed by atoms with van der Waals surface area (Å²) >= 11 is 0. The average Bonchev–Trinajstić information content (AvgIpc) is 3.28. The van der Waals surface area contributed by atoms with Gasteiger partial charge in [-0.3, -0.25) is 4.79 Å². The van der Waals surface area contributed by atoms with Crippen molar-refractivity contribution >= 4 is 16.8 Å². The van der Waals surface area contributed by atoms with Gasteiger partial charge >= 0.3 is 0 Å². The van der Waals surface area contributed by atoms with E-state index in [-0.39, 0.29) is 25.9 Å². The summed E-state index contributed by atoms with van der Waals surface area (Å²) in [4.78, 5) is 15.7. The van der Waals surface area contributed by atoms with Crippen molar-refractivity contribution in [1.29, 1.82) is 0 Å². The Bertz CT molecular complexity index is 1030. The lowest BCUT2D eigenvalue weighted by Crippen LogP contribution is -2.35. The molecule has 0 saturated carbocycles. The zero-order chi connectivity index (χ0) is 19.7. The second kappa shape index (κ2) is 7.44. The zero-order valence-corrected chi connectivity index (χ0v) is 15.7. The van der Waals surface area contributed by atoms with Gasteiger partial charge in [-0.05, 0) is 49.7 Å². The first-order valence-electron chi connectivity index (χ1n) is 9.09. The number of carbonyl (C=O) groups is 1. The molecule has 3 aromatic rings. The van der Waals surface area contributed by atoms with Crippen LogP contribution >= 0.6 is 0 Å². The van der Waals surface area contributed by atoms with Crippen LogP contribution in [0.5, 0.6) is 17.2 Å². The number of amides is 1. The number of ether oxygens (including phenoxy) is 3. The summed E-state index contributed by atoms with van der Waals surface area (Å²) in [5.41, 5.74) is 3.77. The van der Waals surface area contributed by atoms with E-state index in [4.69, 9.17) is 14.2 Å². The van der Waals surface area contributed by atoms with E-state index in [9.17, 15) is 9.90 Å². The van der Waals surface area contributed by atoms with Crippen molar-refractivity contribution in [2.24, 2.45) is 0 Å². The van der Waals surface area contributed by atoms with E-state index in [1.165, 1.54) is 0 Å². The van der Waals surface area contributed by atoms with Gasteiger partial charge in [0.25, 0.3) is 5.91 Å². The molecule has 0 spiro atoms. The summed E-state index contributed by atoms with van der Waals surface area (Å²) in [6.07, 6.45) is -0.839. The summed E-state index contributed by atoms with van der Waals surface area (Å²) in [7, 11) is 0. The number of carbonyl (C=O) groups excluding carboxylic acids is 1. The second-order valence-corrected chi connectivity index (χ2v) is 6.83. The summed E-state index contributed by atoms with van der Waals surface area (Å²) in [6, 6.07) is 10.7. The van der Waals surface area contributed by atoms with Crippen LogP contribution in [0.2, 0.25) is 0 Å². The first kappa shape index (κ1) is 18.2. The van der Waals surface area contributed by atoms with Gasteiger partial charge in [0, 0.05) is 34.8 Å². The molecule has 7 heteroatoms. The summed E-state index contributed by atoms with van der Waals surface area (Å²) in [5.74, 6) is 1.62. The van der Waals surface area contributed by atoms with E-state index in [2.05, 4.69) is 10.3 Å². The van der Waals surface area contributed by atoms with E-state index < -0.39 is 6.10 Å². The third-order valence-corrected chi connectivity index (χ3v) is 4.86. The van der Waals surface area contributed by atoms with Crippen molar-refractivity contribution in [1.82, 2.24) is 10.3 Å². The minimum atomic E-state index is -0.839. The molecular weight excluding hydrogens is 360 g/mol. The number of aliphatic hydroxyl groups is 1. The lowest BCUT2D eigenvalue weighted by Gasteiger charge is -2.13. The maximum atomic E-state index is 12.4. The molecule has 3 N–H and O–H groups in total. The van der Waals surface area contributed by atoms with Crippen molar-refractivity contribution in [3.05, 3.63) is 53.2 Å². The minimum Gasteiger partial charge on any atom is -0.491 e. The lowest BCUT2D eigenvalue weighted by atomic mass is 10.1. The Balaban J connectivity index is 1.31. The predicted octanol–water partition coefficient (Wildman–Crippen LogP) is 2.68. The molecule has 0 aliphatic carbocycles. The van der Waals surface area contributed by atoms with Gasteiger partial charge in [-0.1, -0.05) is 0 Å². The van der Waals surface area contributed by atoms with Crippen LogP contribution in [-0.2, 0) is 0 Å². The molecule has 7 nitrogen and oxygen atoms in total. The topological polar surface area (TPSA) is 92.8 Å². The van der Waals surface area contributed by atoms with E-state index in [0.717, 1.165) is 22.2 Å². The highest BCUT2D eigenvalue weighted by Crippen LogP contribution is 2.35. The zero-order valence-electron chi connectivity index (χ0n) is 15.7. The Hall–Kier alpha value is -3.19. The van der Waals surface area contributed by atoms with Crippen molar-refractivity contribution in [3.63, 3.8) is 0 Å². The number of hydrogen-bond acceptors (Lipinski definition) is 5. The van der Waals surface area contributed by atoms with Gasteiger partial charge in [-0.25, -0.2) is 0 Å². The van der Waals surface area contributed by atoms with Crippen LogP contribution in [0, 0.1) is 13.8 Å². The van der Waals surface area contributed by atoms with Gasteiger partial charge in [0.2, 0.25) is 6.79 Å². The molecule has 28 heavy (non-hydrogen) atoms.